The van der Waals surface area contributed by atoms with Gasteiger partial charge in [-0.1, -0.05) is 0 Å². The van der Waals surface area contributed by atoms with Crippen molar-refractivity contribution < 1.29 is 14.6 Å². The zero-order chi connectivity index (χ0) is 13.8. The number of benzene rings is 1. The molecular weight excluding hydrogens is 312 g/mol. The van der Waals surface area contributed by atoms with Crippen molar-refractivity contribution in [2.75, 3.05) is 0 Å². The third kappa shape index (κ3) is 3.09. The van der Waals surface area contributed by atoms with Gasteiger partial charge in [-0.05, 0) is 40.2 Å². The van der Waals surface area contributed by atoms with Crippen molar-refractivity contribution in [1.29, 1.82) is 5.26 Å². The van der Waals surface area contributed by atoms with E-state index in [4.69, 9.17) is 15.1 Å². The Kier molecular flexibility index (Phi) is 3.78. The fourth-order valence-corrected chi connectivity index (χ4v) is 1.70. The molecule has 0 aliphatic rings. The van der Waals surface area contributed by atoms with Crippen LogP contribution < -0.4 is 4.74 Å². The number of aromatic carboxylic acids is 1. The van der Waals surface area contributed by atoms with Gasteiger partial charge in [-0.15, -0.1) is 0 Å². The second-order valence-electron chi connectivity index (χ2n) is 3.54. The Hall–Kier alpha value is -2.39. The van der Waals surface area contributed by atoms with Gasteiger partial charge in [0.15, 0.2) is 0 Å². The molecular formula is C13H7BrN2O3. The second kappa shape index (κ2) is 5.50. The normalized spacial score (nSPS) is 9.68. The number of nitrogens with zero attached hydrogens (tertiary/aromatic N) is 2. The van der Waals surface area contributed by atoms with Crippen molar-refractivity contribution in [1.82, 2.24) is 4.98 Å². The van der Waals surface area contributed by atoms with Crippen LogP contribution in [-0.4, -0.2) is 16.1 Å². The fraction of sp³-hybridized carbons (Fsp3) is 0. The Morgan fingerprint density at radius 3 is 2.84 bits per heavy atom. The molecule has 0 amide bonds. The maximum Gasteiger partial charge on any atom is 0.335 e. The van der Waals surface area contributed by atoms with Crippen molar-refractivity contribution in [2.45, 2.75) is 0 Å². The first-order valence-corrected chi connectivity index (χ1v) is 5.96. The highest BCUT2D eigenvalue weighted by molar-refractivity contribution is 9.10. The quantitative estimate of drug-likeness (QED) is 0.939. The van der Waals surface area contributed by atoms with Crippen LogP contribution in [0.3, 0.4) is 0 Å². The van der Waals surface area contributed by atoms with Gasteiger partial charge in [-0.25, -0.2) is 9.78 Å². The number of rotatable bonds is 3. The minimum atomic E-state index is -1.04. The molecule has 0 atom stereocenters. The highest BCUT2D eigenvalue weighted by Crippen LogP contribution is 2.30. The van der Waals surface area contributed by atoms with Crippen molar-refractivity contribution in [3.05, 3.63) is 52.3 Å². The van der Waals surface area contributed by atoms with Crippen molar-refractivity contribution in [3.8, 4) is 17.6 Å². The lowest BCUT2D eigenvalue weighted by molar-refractivity contribution is 0.0696. The van der Waals surface area contributed by atoms with Gasteiger partial charge in [0, 0.05) is 12.3 Å². The molecule has 94 valence electrons. The zero-order valence-electron chi connectivity index (χ0n) is 9.50. The van der Waals surface area contributed by atoms with Gasteiger partial charge in [0.1, 0.15) is 23.3 Å². The van der Waals surface area contributed by atoms with E-state index in [0.717, 1.165) is 0 Å². The van der Waals surface area contributed by atoms with E-state index in [1.807, 2.05) is 6.07 Å². The molecule has 1 aromatic heterocycles. The largest absolute Gasteiger partial charge is 0.478 e. The SMILES string of the molecule is N#Cc1cc(Oc2cc(C(=O)O)ccc2Br)ccn1. The lowest BCUT2D eigenvalue weighted by Crippen LogP contribution is -1.97. The summed E-state index contributed by atoms with van der Waals surface area (Å²) in [6.45, 7) is 0. The molecule has 0 aliphatic carbocycles. The summed E-state index contributed by atoms with van der Waals surface area (Å²) in [6.07, 6.45) is 1.45. The minimum absolute atomic E-state index is 0.118. The van der Waals surface area contributed by atoms with E-state index in [-0.39, 0.29) is 11.3 Å². The number of hydrogen-bond donors (Lipinski definition) is 1. The first-order valence-electron chi connectivity index (χ1n) is 5.17. The molecule has 2 rings (SSSR count). The molecule has 0 radical (unpaired) electrons. The van der Waals surface area contributed by atoms with Gasteiger partial charge in [0.05, 0.1) is 10.0 Å². The standard InChI is InChI=1S/C13H7BrN2O3/c14-11-2-1-8(13(17)18)5-12(11)19-10-3-4-16-9(6-10)7-15/h1-6H,(H,17,18). The van der Waals surface area contributed by atoms with Crippen LogP contribution in [0.2, 0.25) is 0 Å². The number of aromatic nitrogens is 1. The molecule has 0 saturated heterocycles. The van der Waals surface area contributed by atoms with E-state index >= 15 is 0 Å². The van der Waals surface area contributed by atoms with Crippen molar-refractivity contribution in [3.63, 3.8) is 0 Å². The molecule has 19 heavy (non-hydrogen) atoms. The van der Waals surface area contributed by atoms with Gasteiger partial charge < -0.3 is 9.84 Å². The molecule has 0 fully saturated rings. The van der Waals surface area contributed by atoms with E-state index in [0.29, 0.717) is 16.0 Å². The summed E-state index contributed by atoms with van der Waals surface area (Å²) >= 11 is 3.27. The summed E-state index contributed by atoms with van der Waals surface area (Å²) in [5, 5.41) is 17.7. The van der Waals surface area contributed by atoms with E-state index in [2.05, 4.69) is 20.9 Å². The summed E-state index contributed by atoms with van der Waals surface area (Å²) in [6, 6.07) is 9.41. The van der Waals surface area contributed by atoms with Gasteiger partial charge in [-0.2, -0.15) is 5.26 Å². The van der Waals surface area contributed by atoms with Crippen LogP contribution in [0.5, 0.6) is 11.5 Å². The Bertz CT molecular complexity index is 680. The number of pyridine rings is 1. The molecule has 1 heterocycles. The number of nitriles is 1. The molecule has 0 unspecified atom stereocenters. The predicted octanol–water partition coefficient (Wildman–Crippen LogP) is 3.21. The summed E-state index contributed by atoms with van der Waals surface area (Å²) in [4.78, 5) is 14.7. The number of carboxylic acid groups (broad SMARTS) is 1. The molecule has 0 saturated carbocycles. The zero-order valence-corrected chi connectivity index (χ0v) is 11.1. The van der Waals surface area contributed by atoms with E-state index < -0.39 is 5.97 Å². The number of carboxylic acids is 1. The van der Waals surface area contributed by atoms with Gasteiger partial charge in [0.25, 0.3) is 0 Å². The Morgan fingerprint density at radius 1 is 1.37 bits per heavy atom. The molecule has 0 spiro atoms. The molecule has 2 aromatic rings. The summed E-state index contributed by atoms with van der Waals surface area (Å²) in [7, 11) is 0. The number of ether oxygens (including phenoxy) is 1. The minimum Gasteiger partial charge on any atom is -0.478 e. The monoisotopic (exact) mass is 318 g/mol. The number of hydrogen-bond acceptors (Lipinski definition) is 4. The average molecular weight is 319 g/mol. The summed E-state index contributed by atoms with van der Waals surface area (Å²) in [5.74, 6) is -0.269. The van der Waals surface area contributed by atoms with E-state index in [9.17, 15) is 4.79 Å². The Balaban J connectivity index is 2.34. The number of halogens is 1. The molecule has 5 nitrogen and oxygen atoms in total. The maximum atomic E-state index is 10.9. The van der Waals surface area contributed by atoms with Crippen LogP contribution in [0.1, 0.15) is 16.1 Å². The summed E-state index contributed by atoms with van der Waals surface area (Å²) < 4.78 is 6.16. The number of carbonyl (C=O) groups is 1. The van der Waals surface area contributed by atoms with Gasteiger partial charge >= 0.3 is 5.97 Å². The van der Waals surface area contributed by atoms with Crippen LogP contribution >= 0.6 is 15.9 Å². The van der Waals surface area contributed by atoms with Crippen LogP contribution in [0.15, 0.2) is 41.0 Å². The first kappa shape index (κ1) is 13.1. The highest BCUT2D eigenvalue weighted by Gasteiger charge is 2.09. The van der Waals surface area contributed by atoms with Crippen molar-refractivity contribution in [2.24, 2.45) is 0 Å². The van der Waals surface area contributed by atoms with Crippen LogP contribution in [0.4, 0.5) is 0 Å². The lowest BCUT2D eigenvalue weighted by Gasteiger charge is -2.08. The smallest absolute Gasteiger partial charge is 0.335 e. The van der Waals surface area contributed by atoms with Crippen LogP contribution in [0.25, 0.3) is 0 Å². The fourth-order valence-electron chi connectivity index (χ4n) is 1.38. The third-order valence-corrected chi connectivity index (χ3v) is 2.91. The van der Waals surface area contributed by atoms with Gasteiger partial charge in [-0.3, -0.25) is 0 Å². The highest BCUT2D eigenvalue weighted by atomic mass is 79.9. The van der Waals surface area contributed by atoms with Crippen LogP contribution in [-0.2, 0) is 0 Å². The molecule has 0 bridgehead atoms. The lowest BCUT2D eigenvalue weighted by atomic mass is 10.2. The van der Waals surface area contributed by atoms with E-state index in [1.165, 1.54) is 24.4 Å². The Morgan fingerprint density at radius 2 is 2.16 bits per heavy atom. The van der Waals surface area contributed by atoms with Crippen molar-refractivity contribution >= 4 is 21.9 Å². The van der Waals surface area contributed by atoms with Crippen LogP contribution in [0, 0.1) is 11.3 Å². The van der Waals surface area contributed by atoms with E-state index in [1.54, 1.807) is 12.1 Å². The molecule has 6 heteroatoms. The second-order valence-corrected chi connectivity index (χ2v) is 4.40. The topological polar surface area (TPSA) is 83.2 Å². The molecule has 0 aliphatic heterocycles. The molecule has 1 N–H and O–H groups in total. The Labute approximate surface area is 117 Å². The van der Waals surface area contributed by atoms with Gasteiger partial charge in [0.2, 0.25) is 0 Å². The predicted molar refractivity (Wildman–Crippen MR) is 70.1 cm³/mol. The average Bonchev–Trinajstić information content (AvgIpc) is 2.41. The first-order chi connectivity index (χ1) is 9.10. The maximum absolute atomic E-state index is 10.9. The summed E-state index contributed by atoms with van der Waals surface area (Å²) in [5.41, 5.74) is 0.343. The third-order valence-electron chi connectivity index (χ3n) is 2.25. The molecule has 1 aromatic carbocycles.